The summed E-state index contributed by atoms with van der Waals surface area (Å²) < 4.78 is 0. The number of carbonyl (C=O) groups excluding carboxylic acids is 2. The molecule has 15 heavy (non-hydrogen) atoms. The number of carbonyl (C=O) groups is 2. The maximum Gasteiger partial charge on any atom is 0.143 e. The van der Waals surface area contributed by atoms with Crippen LogP contribution in [0.15, 0.2) is 35.2 Å². The van der Waals surface area contributed by atoms with E-state index in [4.69, 9.17) is 0 Å². The lowest BCUT2D eigenvalue weighted by Gasteiger charge is -2.11. The number of benzene rings is 1. The van der Waals surface area contributed by atoms with Gasteiger partial charge in [-0.2, -0.15) is 0 Å². The van der Waals surface area contributed by atoms with Gasteiger partial charge in [0.1, 0.15) is 11.6 Å². The highest BCUT2D eigenvalue weighted by Crippen LogP contribution is 2.25. The molecule has 0 aliphatic rings. The molecule has 1 unspecified atom stereocenters. The monoisotopic (exact) mass is 222 g/mol. The van der Waals surface area contributed by atoms with Crippen LogP contribution in [-0.2, 0) is 9.59 Å². The number of ketones is 2. The van der Waals surface area contributed by atoms with E-state index in [1.807, 2.05) is 30.3 Å². The van der Waals surface area contributed by atoms with Crippen molar-refractivity contribution in [3.63, 3.8) is 0 Å². The van der Waals surface area contributed by atoms with Crippen molar-refractivity contribution in [2.45, 2.75) is 30.4 Å². The predicted molar refractivity (Wildman–Crippen MR) is 62.1 cm³/mol. The fourth-order valence-corrected chi connectivity index (χ4v) is 2.32. The molecular formula is C12H14O2S. The van der Waals surface area contributed by atoms with Crippen molar-refractivity contribution in [1.82, 2.24) is 0 Å². The average Bonchev–Trinajstić information content (AvgIpc) is 2.17. The maximum absolute atomic E-state index is 11.3. The van der Waals surface area contributed by atoms with Crippen molar-refractivity contribution in [3.8, 4) is 0 Å². The summed E-state index contributed by atoms with van der Waals surface area (Å²) in [7, 11) is 0. The SMILES string of the molecule is CC(=O)CC(Sc1ccccc1)C(C)=O. The minimum atomic E-state index is -0.245. The summed E-state index contributed by atoms with van der Waals surface area (Å²) in [6.07, 6.45) is 0.314. The quantitative estimate of drug-likeness (QED) is 0.718. The molecule has 0 amide bonds. The number of rotatable bonds is 5. The van der Waals surface area contributed by atoms with Gasteiger partial charge in [-0.25, -0.2) is 0 Å². The van der Waals surface area contributed by atoms with Crippen molar-refractivity contribution >= 4 is 23.3 Å². The van der Waals surface area contributed by atoms with Crippen molar-refractivity contribution in [2.75, 3.05) is 0 Å². The second-order valence-corrected chi connectivity index (χ2v) is 4.71. The van der Waals surface area contributed by atoms with Crippen LogP contribution in [0.3, 0.4) is 0 Å². The van der Waals surface area contributed by atoms with Gasteiger partial charge in [0.05, 0.1) is 5.25 Å². The average molecular weight is 222 g/mol. The summed E-state index contributed by atoms with van der Waals surface area (Å²) in [5.74, 6) is 0.109. The van der Waals surface area contributed by atoms with Crippen molar-refractivity contribution in [1.29, 1.82) is 0 Å². The van der Waals surface area contributed by atoms with Crippen LogP contribution in [0.1, 0.15) is 20.3 Å². The Bertz CT molecular complexity index is 346. The van der Waals surface area contributed by atoms with E-state index in [1.165, 1.54) is 25.6 Å². The molecule has 0 saturated heterocycles. The summed E-state index contributed by atoms with van der Waals surface area (Å²) >= 11 is 1.45. The molecule has 80 valence electrons. The Balaban J connectivity index is 2.67. The Morgan fingerprint density at radius 1 is 1.20 bits per heavy atom. The summed E-state index contributed by atoms with van der Waals surface area (Å²) in [4.78, 5) is 23.3. The Hall–Kier alpha value is -1.09. The van der Waals surface area contributed by atoms with E-state index in [-0.39, 0.29) is 16.8 Å². The molecule has 0 bridgehead atoms. The maximum atomic E-state index is 11.3. The standard InChI is InChI=1S/C12H14O2S/c1-9(13)8-12(10(2)14)15-11-6-4-3-5-7-11/h3-7,12H,8H2,1-2H3. The van der Waals surface area contributed by atoms with E-state index < -0.39 is 0 Å². The van der Waals surface area contributed by atoms with Gasteiger partial charge in [0.2, 0.25) is 0 Å². The first-order valence-corrected chi connectivity index (χ1v) is 5.69. The summed E-state index contributed by atoms with van der Waals surface area (Å²) in [6, 6.07) is 9.67. The summed E-state index contributed by atoms with van der Waals surface area (Å²) in [5, 5.41) is -0.245. The molecule has 0 aliphatic carbocycles. The normalized spacial score (nSPS) is 12.1. The van der Waals surface area contributed by atoms with Crippen LogP contribution in [0.4, 0.5) is 0 Å². The Labute approximate surface area is 94.1 Å². The van der Waals surface area contributed by atoms with Crippen LogP contribution in [0, 0.1) is 0 Å². The lowest BCUT2D eigenvalue weighted by molar-refractivity contribution is -0.121. The van der Waals surface area contributed by atoms with Gasteiger partial charge in [0.25, 0.3) is 0 Å². The minimum Gasteiger partial charge on any atom is -0.300 e. The van der Waals surface area contributed by atoms with Crippen molar-refractivity contribution < 1.29 is 9.59 Å². The summed E-state index contributed by atoms with van der Waals surface area (Å²) in [6.45, 7) is 3.05. The molecule has 0 aliphatic heterocycles. The van der Waals surface area contributed by atoms with E-state index in [1.54, 1.807) is 0 Å². The van der Waals surface area contributed by atoms with E-state index in [0.29, 0.717) is 6.42 Å². The van der Waals surface area contributed by atoms with E-state index in [9.17, 15) is 9.59 Å². The molecule has 1 atom stereocenters. The smallest absolute Gasteiger partial charge is 0.143 e. The zero-order chi connectivity index (χ0) is 11.3. The zero-order valence-corrected chi connectivity index (χ0v) is 9.71. The highest BCUT2D eigenvalue weighted by molar-refractivity contribution is 8.00. The molecule has 0 fully saturated rings. The first-order chi connectivity index (χ1) is 7.09. The molecule has 1 aromatic rings. The minimum absolute atomic E-state index is 0.0543. The Morgan fingerprint density at radius 2 is 1.80 bits per heavy atom. The second kappa shape index (κ2) is 5.71. The largest absolute Gasteiger partial charge is 0.300 e. The van der Waals surface area contributed by atoms with E-state index >= 15 is 0 Å². The zero-order valence-electron chi connectivity index (χ0n) is 8.90. The topological polar surface area (TPSA) is 34.1 Å². The molecule has 0 radical (unpaired) electrons. The molecule has 0 heterocycles. The number of Topliss-reactive ketones (excluding diaryl/α,β-unsaturated/α-hetero) is 2. The second-order valence-electron chi connectivity index (χ2n) is 3.44. The highest BCUT2D eigenvalue weighted by atomic mass is 32.2. The third kappa shape index (κ3) is 4.30. The lowest BCUT2D eigenvalue weighted by atomic mass is 10.2. The third-order valence-corrected chi connectivity index (χ3v) is 3.28. The van der Waals surface area contributed by atoms with Gasteiger partial charge in [-0.05, 0) is 26.0 Å². The van der Waals surface area contributed by atoms with Crippen LogP contribution in [0.25, 0.3) is 0 Å². The highest BCUT2D eigenvalue weighted by Gasteiger charge is 2.17. The Kier molecular flexibility index (Phi) is 4.56. The van der Waals surface area contributed by atoms with Crippen LogP contribution in [0.2, 0.25) is 0 Å². The molecule has 0 saturated carbocycles. The van der Waals surface area contributed by atoms with Gasteiger partial charge < -0.3 is 0 Å². The fourth-order valence-electron chi connectivity index (χ4n) is 1.19. The van der Waals surface area contributed by atoms with Gasteiger partial charge in [0, 0.05) is 11.3 Å². The third-order valence-electron chi connectivity index (χ3n) is 1.95. The number of hydrogen-bond donors (Lipinski definition) is 0. The van der Waals surface area contributed by atoms with Gasteiger partial charge in [0.15, 0.2) is 0 Å². The molecular weight excluding hydrogens is 208 g/mol. The lowest BCUT2D eigenvalue weighted by Crippen LogP contribution is -2.16. The molecule has 0 N–H and O–H groups in total. The van der Waals surface area contributed by atoms with Crippen LogP contribution in [-0.4, -0.2) is 16.8 Å². The first-order valence-electron chi connectivity index (χ1n) is 4.81. The van der Waals surface area contributed by atoms with E-state index in [0.717, 1.165) is 4.90 Å². The fraction of sp³-hybridized carbons (Fsp3) is 0.333. The van der Waals surface area contributed by atoms with Crippen LogP contribution in [0.5, 0.6) is 0 Å². The first kappa shape index (κ1) is 12.0. The Morgan fingerprint density at radius 3 is 2.27 bits per heavy atom. The number of hydrogen-bond acceptors (Lipinski definition) is 3. The van der Waals surface area contributed by atoms with Gasteiger partial charge >= 0.3 is 0 Å². The van der Waals surface area contributed by atoms with Gasteiger partial charge in [-0.3, -0.25) is 9.59 Å². The van der Waals surface area contributed by atoms with Gasteiger partial charge in [-0.15, -0.1) is 11.8 Å². The molecule has 0 spiro atoms. The van der Waals surface area contributed by atoms with Crippen molar-refractivity contribution in [2.24, 2.45) is 0 Å². The molecule has 1 rings (SSSR count). The predicted octanol–water partition coefficient (Wildman–Crippen LogP) is 2.72. The molecule has 3 heteroatoms. The molecule has 1 aromatic carbocycles. The number of thioether (sulfide) groups is 1. The molecule has 0 aromatic heterocycles. The summed E-state index contributed by atoms with van der Waals surface area (Å²) in [5.41, 5.74) is 0. The van der Waals surface area contributed by atoms with Crippen LogP contribution < -0.4 is 0 Å². The van der Waals surface area contributed by atoms with Crippen LogP contribution >= 0.6 is 11.8 Å². The van der Waals surface area contributed by atoms with E-state index in [2.05, 4.69) is 0 Å². The van der Waals surface area contributed by atoms with Gasteiger partial charge in [-0.1, -0.05) is 18.2 Å². The van der Waals surface area contributed by atoms with Crippen molar-refractivity contribution in [3.05, 3.63) is 30.3 Å². The molecule has 2 nitrogen and oxygen atoms in total.